The highest BCUT2D eigenvalue weighted by Gasteiger charge is 2.46. The lowest BCUT2D eigenvalue weighted by Crippen LogP contribution is -2.51. The van der Waals surface area contributed by atoms with Crippen LogP contribution in [0.2, 0.25) is 42.3 Å². The topological polar surface area (TPSA) is 315 Å². The maximum absolute atomic E-state index is 11.9. The average Bonchev–Trinajstić information content (AvgIpc) is 1.53. The molecule has 0 saturated heterocycles. The third-order valence-corrected chi connectivity index (χ3v) is 28.5. The number of hydrogen-bond acceptors (Lipinski definition) is 22. The molecule has 29 nitrogen and oxygen atoms in total. The monoisotopic (exact) mass is 1660 g/mol. The van der Waals surface area contributed by atoms with Gasteiger partial charge in [-0.1, -0.05) is 91.5 Å². The number of fused-ring (bicyclic) bond motifs is 7. The predicted molar refractivity (Wildman–Crippen MR) is 475 cm³/mol. The van der Waals surface area contributed by atoms with Gasteiger partial charge in [-0.3, -0.25) is 13.9 Å². The number of ether oxygens (including phenoxy) is 6. The third kappa shape index (κ3) is 23.6. The van der Waals surface area contributed by atoms with Crippen molar-refractivity contribution in [2.24, 2.45) is 5.41 Å². The highest BCUT2D eigenvalue weighted by Crippen LogP contribution is 2.44. The fourth-order valence-electron chi connectivity index (χ4n) is 13.9. The fourth-order valence-corrected chi connectivity index (χ4v) is 21.3. The molecule has 15 rings (SSSR count). The lowest BCUT2D eigenvalue weighted by Gasteiger charge is -2.44. The quantitative estimate of drug-likeness (QED) is 0.0321. The van der Waals surface area contributed by atoms with E-state index in [1.807, 2.05) is 196 Å². The second-order valence-corrected chi connectivity index (χ2v) is 44.3. The van der Waals surface area contributed by atoms with Gasteiger partial charge in [0.05, 0.1) is 51.9 Å². The van der Waals surface area contributed by atoms with Crippen LogP contribution in [0.1, 0.15) is 150 Å². The van der Waals surface area contributed by atoms with E-state index in [2.05, 4.69) is 171 Å². The normalized spacial score (nSPS) is 11.8. The summed E-state index contributed by atoms with van der Waals surface area (Å²) in [6.07, 6.45) is 23.7. The zero-order valence-corrected chi connectivity index (χ0v) is 75.7. The van der Waals surface area contributed by atoms with Crippen LogP contribution in [0.25, 0.3) is 77.2 Å². The number of carbonyl (C=O) groups is 2. The summed E-state index contributed by atoms with van der Waals surface area (Å²) in [6, 6.07) is 25.3. The van der Waals surface area contributed by atoms with Crippen LogP contribution in [0, 0.1) is 53.9 Å². The van der Waals surface area contributed by atoms with Crippen molar-refractivity contribution in [1.29, 1.82) is 0 Å². The number of nitrogens with zero attached hydrogens (tertiary/aromatic N) is 20. The summed E-state index contributed by atoms with van der Waals surface area (Å²) >= 11 is 0. The summed E-state index contributed by atoms with van der Waals surface area (Å²) in [7, 11) is -2.71. The number of esters is 1. The molecule has 0 spiro atoms. The van der Waals surface area contributed by atoms with Gasteiger partial charge in [0.15, 0.2) is 20.6 Å². The number of aromatic amines is 1. The van der Waals surface area contributed by atoms with E-state index in [4.69, 9.17) is 28.4 Å². The molecule has 0 aliphatic carbocycles. The predicted octanol–water partition coefficient (Wildman–Crippen LogP) is 19.2. The van der Waals surface area contributed by atoms with Gasteiger partial charge in [0, 0.05) is 103 Å². The Hall–Kier alpha value is -11.2. The molecule has 0 radical (unpaired) electrons. The van der Waals surface area contributed by atoms with Crippen LogP contribution < -0.4 is 0 Å². The van der Waals surface area contributed by atoms with Gasteiger partial charge in [-0.25, -0.2) is 79.1 Å². The number of carbonyl (C=O) groups excluding carboxylic acids is 2. The van der Waals surface area contributed by atoms with Crippen molar-refractivity contribution >= 4 is 106 Å². The molecule has 0 aliphatic heterocycles. The lowest BCUT2D eigenvalue weighted by molar-refractivity contribution is -0.184. The molecule has 0 unspecified atom stereocenters. The molecule has 14 aromatic heterocycles. The van der Waals surface area contributed by atoms with Crippen LogP contribution >= 0.6 is 0 Å². The minimum atomic E-state index is -1.71. The molecule has 15 aromatic rings. The maximum Gasteiger partial charge on any atom is 0.420 e. The van der Waals surface area contributed by atoms with Crippen molar-refractivity contribution in [1.82, 2.24) is 102 Å². The lowest BCUT2D eigenvalue weighted by atomic mass is 9.98. The van der Waals surface area contributed by atoms with Gasteiger partial charge in [-0.2, -0.15) is 0 Å². The van der Waals surface area contributed by atoms with Crippen molar-refractivity contribution in [3.63, 3.8) is 0 Å². The van der Waals surface area contributed by atoms with Gasteiger partial charge in [-0.05, 0) is 181 Å². The zero-order valence-electron chi connectivity index (χ0n) is 74.7. The third-order valence-electron chi connectivity index (χ3n) is 20.0. The molecule has 0 aliphatic rings. The van der Waals surface area contributed by atoms with Crippen molar-refractivity contribution in [2.75, 3.05) is 19.8 Å². The highest BCUT2D eigenvalue weighted by atomic mass is 28.3. The molecular formula is C88H120N21O8Si2-. The first kappa shape index (κ1) is 91.7. The summed E-state index contributed by atoms with van der Waals surface area (Å²) in [5.74, 6) is -0.227. The van der Waals surface area contributed by atoms with E-state index in [-0.39, 0.29) is 14.1 Å². The largest absolute Gasteiger partial charge is 1.00 e. The van der Waals surface area contributed by atoms with Crippen LogP contribution in [-0.4, -0.2) is 156 Å². The number of hydrogen-bond donors (Lipinski definition) is 1. The molecule has 0 amide bonds. The summed E-state index contributed by atoms with van der Waals surface area (Å²) < 4.78 is 44.8. The number of benzene rings is 1. The minimum Gasteiger partial charge on any atom is -1.00 e. The van der Waals surface area contributed by atoms with Crippen LogP contribution in [0.3, 0.4) is 0 Å². The van der Waals surface area contributed by atoms with Crippen LogP contribution in [0.5, 0.6) is 0 Å². The Kier molecular flexibility index (Phi) is 31.9. The Morgan fingerprint density at radius 3 is 1.29 bits per heavy atom. The van der Waals surface area contributed by atoms with E-state index in [1.165, 1.54) is 34.2 Å². The van der Waals surface area contributed by atoms with Gasteiger partial charge in [0.2, 0.25) is 6.41 Å². The number of nitrogens with one attached hydrogen (secondary N) is 1. The maximum atomic E-state index is 11.9. The molecule has 0 bridgehead atoms. The highest BCUT2D eigenvalue weighted by molar-refractivity contribution is 6.82. The molecule has 1 N–H and O–H groups in total. The Morgan fingerprint density at radius 1 is 0.445 bits per heavy atom. The number of rotatable bonds is 20. The molecule has 0 saturated carbocycles. The summed E-state index contributed by atoms with van der Waals surface area (Å²) in [5, 5.41) is 7.34. The van der Waals surface area contributed by atoms with Crippen molar-refractivity contribution in [2.45, 2.75) is 227 Å². The Bertz CT molecular complexity index is 5750. The second kappa shape index (κ2) is 41.4. The first-order valence-corrected chi connectivity index (χ1v) is 46.2. The number of aromatic nitrogens is 21. The number of H-pyrrole nitrogens is 1. The van der Waals surface area contributed by atoms with E-state index in [0.29, 0.717) is 55.6 Å². The molecule has 119 heavy (non-hydrogen) atoms. The molecule has 634 valence electrons. The second-order valence-electron chi connectivity index (χ2n) is 33.0. The van der Waals surface area contributed by atoms with Gasteiger partial charge in [0.1, 0.15) is 97.2 Å². The molecule has 14 heterocycles. The molecule has 0 atom stereocenters. The van der Waals surface area contributed by atoms with Crippen molar-refractivity contribution in [3.8, 4) is 0 Å². The van der Waals surface area contributed by atoms with Crippen LogP contribution in [0.4, 0.5) is 4.79 Å². The Balaban J connectivity index is 0.000000175. The van der Waals surface area contributed by atoms with E-state index in [9.17, 15) is 9.59 Å². The van der Waals surface area contributed by atoms with E-state index >= 15 is 0 Å². The fraction of sp³-hybridized carbons (Fsp3) is 0.432. The molecule has 31 heteroatoms. The average molecular weight is 1660 g/mol. The van der Waals surface area contributed by atoms with Gasteiger partial charge >= 0.3 is 12.1 Å². The van der Waals surface area contributed by atoms with Crippen LogP contribution in [0.15, 0.2) is 160 Å². The summed E-state index contributed by atoms with van der Waals surface area (Å²) in [6.45, 7) is 53.9. The van der Waals surface area contributed by atoms with Gasteiger partial charge < -0.3 is 48.2 Å². The molecule has 0 fully saturated rings. The minimum absolute atomic E-state index is 0. The first-order chi connectivity index (χ1) is 56.6. The van der Waals surface area contributed by atoms with E-state index < -0.39 is 39.8 Å². The standard InChI is InChI=1S/C16H27N3Si.C15H15N3O.C13H17N3O2.C13H21N3OSi.C12H15N3O2.C12H17N3O2.C7H7N3.H/c1-11(2)20(12(3)4,13(5)6)19-9-8-15-14(7)17-10-18-16(15)19;1-12-14-7-8-18(15(14)17-10-16-12)11-19-9-13-5-3-2-4-6-13;1-9-10-5-6-16(11(10)15-7-14-9)8-18-12(17)13(2,3)4;1-11-12-5-6-16(13(12)15-9-14-11)10-17-7-8-18(2,3)4;1-8-9-5-6-15(10(9)14-7-13-8)11(16)17-12(2,3)4;1-4-16-12(17-5-2)15-7-6-10-9(3)13-8-14-11(10)15;1-5-6-2-3-8-7(6)10-4-9-5;/h8-13H,1-7H3;2-8,10H,9,11H2,1H3;5-7H,8H2,1-4H3;5-6,9H,7-8,10H2,1-4H3;5-7H,1-4H3;6-8,12H,4-5H2,1-3H3;2-4H,1H3,(H,8,9,10);/q;;;;;;;-1/i;;;;;;;1+1. The Morgan fingerprint density at radius 2 is 0.840 bits per heavy atom. The zero-order chi connectivity index (χ0) is 86.5. The van der Waals surface area contributed by atoms with Gasteiger partial charge in [0.25, 0.3) is 0 Å². The van der Waals surface area contributed by atoms with Crippen LogP contribution in [-0.2, 0) is 60.0 Å². The van der Waals surface area contributed by atoms with E-state index in [1.54, 1.807) is 42.4 Å². The van der Waals surface area contributed by atoms with Crippen molar-refractivity contribution in [3.05, 3.63) is 206 Å². The van der Waals surface area contributed by atoms with Gasteiger partial charge in [-0.15, -0.1) is 0 Å². The summed E-state index contributed by atoms with van der Waals surface area (Å²) in [5.41, 5.74) is 15.1. The smallest absolute Gasteiger partial charge is 0.420 e. The SMILES string of the molecule is CCOC(OCC)n1ccc2c(C)ncnc21.Cc1ncnc2[nH]ccc12.Cc1ncnc2c1ccn2C(=O)OC(C)(C)C.Cc1ncnc2c1ccn2COC(=O)C(C)(C)C.Cc1ncnc2c1ccn2COCC[Si](C)(C)C.Cc1ncnc2c1ccn2COCc1ccccc1.Cc1ncnc2c1ccn2[Si](C(C)C)(C(C)C)C(C)C.[2H-]. The molecular weight excluding hydrogens is 1540 g/mol. The van der Waals surface area contributed by atoms with E-state index in [0.717, 1.165) is 113 Å². The summed E-state index contributed by atoms with van der Waals surface area (Å²) in [4.78, 5) is 85.6. The Labute approximate surface area is 700 Å². The molecule has 1 aromatic carbocycles. The van der Waals surface area contributed by atoms with Crippen molar-refractivity contribution < 1.29 is 39.4 Å². The first-order valence-electron chi connectivity index (χ1n) is 40.3. The number of aryl methyl sites for hydroxylation is 7.